The number of aryl methyl sites for hydroxylation is 2. The van der Waals surface area contributed by atoms with Crippen molar-refractivity contribution in [2.24, 2.45) is 0 Å². The summed E-state index contributed by atoms with van der Waals surface area (Å²) in [5, 5.41) is 2.80. The van der Waals surface area contributed by atoms with Crippen LogP contribution in [-0.4, -0.2) is 22.1 Å². The lowest BCUT2D eigenvalue weighted by Gasteiger charge is -2.11. The highest BCUT2D eigenvalue weighted by molar-refractivity contribution is 5.94. The molecule has 1 heterocycles. The fourth-order valence-electron chi connectivity index (χ4n) is 3.61. The predicted molar refractivity (Wildman–Crippen MR) is 123 cm³/mol. The van der Waals surface area contributed by atoms with E-state index in [9.17, 15) is 9.18 Å². The molecule has 0 fully saturated rings. The molecule has 0 radical (unpaired) electrons. The molecule has 4 rings (SSSR count). The van der Waals surface area contributed by atoms with E-state index in [2.05, 4.69) is 21.8 Å². The Morgan fingerprint density at radius 3 is 2.56 bits per heavy atom. The largest absolute Gasteiger partial charge is 0.494 e. The molecule has 0 saturated carbocycles. The van der Waals surface area contributed by atoms with E-state index < -0.39 is 11.7 Å². The van der Waals surface area contributed by atoms with Crippen molar-refractivity contribution in [3.63, 3.8) is 0 Å². The maximum atomic E-state index is 13.9. The number of carbonyl (C=O) groups is 1. The molecule has 3 aromatic carbocycles. The lowest BCUT2D eigenvalue weighted by Crippen LogP contribution is -2.25. The van der Waals surface area contributed by atoms with Gasteiger partial charge in [-0.15, -0.1) is 0 Å². The Hall–Kier alpha value is -3.67. The van der Waals surface area contributed by atoms with Gasteiger partial charge >= 0.3 is 0 Å². The Labute approximate surface area is 186 Å². The van der Waals surface area contributed by atoms with Crippen molar-refractivity contribution in [2.45, 2.75) is 32.9 Å². The van der Waals surface area contributed by atoms with E-state index in [4.69, 9.17) is 4.74 Å². The van der Waals surface area contributed by atoms with E-state index in [1.54, 1.807) is 12.1 Å². The topological polar surface area (TPSA) is 56.1 Å². The van der Waals surface area contributed by atoms with Gasteiger partial charge in [0.1, 0.15) is 17.4 Å². The van der Waals surface area contributed by atoms with Gasteiger partial charge in [0, 0.05) is 6.54 Å². The number of imidazole rings is 1. The molecule has 0 aliphatic carbocycles. The van der Waals surface area contributed by atoms with Crippen LogP contribution in [0.5, 0.6) is 5.75 Å². The fourth-order valence-corrected chi connectivity index (χ4v) is 3.61. The van der Waals surface area contributed by atoms with Gasteiger partial charge in [-0.3, -0.25) is 4.79 Å². The first-order valence-electron chi connectivity index (χ1n) is 10.8. The molecular formula is C26H26FN3O2. The van der Waals surface area contributed by atoms with Crippen LogP contribution in [0.1, 0.15) is 34.6 Å². The quantitative estimate of drug-likeness (QED) is 0.367. The molecule has 1 N–H and O–H groups in total. The zero-order chi connectivity index (χ0) is 22.3. The minimum Gasteiger partial charge on any atom is -0.494 e. The third kappa shape index (κ3) is 5.14. The van der Waals surface area contributed by atoms with Crippen molar-refractivity contribution in [3.8, 4) is 5.75 Å². The van der Waals surface area contributed by atoms with Crippen LogP contribution in [0.15, 0.2) is 72.8 Å². The third-order valence-electron chi connectivity index (χ3n) is 5.32. The number of fused-ring (bicyclic) bond motifs is 1. The second-order valence-corrected chi connectivity index (χ2v) is 7.70. The van der Waals surface area contributed by atoms with Crippen LogP contribution in [0.2, 0.25) is 0 Å². The molecule has 32 heavy (non-hydrogen) atoms. The van der Waals surface area contributed by atoms with E-state index in [0.29, 0.717) is 6.61 Å². The molecule has 6 heteroatoms. The van der Waals surface area contributed by atoms with Crippen LogP contribution in [0, 0.1) is 12.7 Å². The van der Waals surface area contributed by atoms with E-state index in [0.717, 1.165) is 42.0 Å². The smallest absolute Gasteiger partial charge is 0.254 e. The molecule has 5 nitrogen and oxygen atoms in total. The summed E-state index contributed by atoms with van der Waals surface area (Å²) in [6.07, 6.45) is 1.79. The number of hydrogen-bond acceptors (Lipinski definition) is 3. The Morgan fingerprint density at radius 2 is 1.75 bits per heavy atom. The molecule has 164 valence electrons. The highest BCUT2D eigenvalue weighted by Gasteiger charge is 2.14. The van der Waals surface area contributed by atoms with E-state index in [1.165, 1.54) is 17.7 Å². The lowest BCUT2D eigenvalue weighted by molar-refractivity contribution is 0.0945. The van der Waals surface area contributed by atoms with Crippen molar-refractivity contribution in [1.82, 2.24) is 14.9 Å². The van der Waals surface area contributed by atoms with Crippen molar-refractivity contribution in [2.75, 3.05) is 6.61 Å². The molecule has 0 atom stereocenters. The van der Waals surface area contributed by atoms with Gasteiger partial charge < -0.3 is 14.6 Å². The molecule has 0 aliphatic rings. The second kappa shape index (κ2) is 10.1. The summed E-state index contributed by atoms with van der Waals surface area (Å²) in [5.74, 6) is 0.635. The average Bonchev–Trinajstić information content (AvgIpc) is 3.16. The Morgan fingerprint density at radius 1 is 1.00 bits per heavy atom. The number of nitrogens with one attached hydrogen (secondary N) is 1. The van der Waals surface area contributed by atoms with Crippen molar-refractivity contribution >= 4 is 16.9 Å². The number of amides is 1. The highest BCUT2D eigenvalue weighted by Crippen LogP contribution is 2.18. The molecular weight excluding hydrogens is 405 g/mol. The zero-order valence-corrected chi connectivity index (χ0v) is 18.1. The Bertz CT molecular complexity index is 1200. The zero-order valence-electron chi connectivity index (χ0n) is 18.1. The summed E-state index contributed by atoms with van der Waals surface area (Å²) in [6.45, 7) is 3.66. The number of rotatable bonds is 9. The van der Waals surface area contributed by atoms with E-state index in [-0.39, 0.29) is 12.1 Å². The standard InChI is InChI=1S/C26H26FN3O2/c1-19-12-14-20(15-13-19)32-17-7-6-16-30-24-11-5-4-10-23(24)29-25(30)18-28-26(31)21-8-2-3-9-22(21)27/h2-5,8-15H,6-7,16-18H2,1H3,(H,28,31). The number of nitrogens with zero attached hydrogens (tertiary/aromatic N) is 2. The summed E-state index contributed by atoms with van der Waals surface area (Å²) in [7, 11) is 0. The first-order chi connectivity index (χ1) is 15.6. The molecule has 0 bridgehead atoms. The van der Waals surface area contributed by atoms with Crippen LogP contribution in [0.25, 0.3) is 11.0 Å². The van der Waals surface area contributed by atoms with Crippen molar-refractivity contribution < 1.29 is 13.9 Å². The number of benzene rings is 3. The summed E-state index contributed by atoms with van der Waals surface area (Å²) in [6, 6.07) is 21.9. The molecule has 1 amide bonds. The lowest BCUT2D eigenvalue weighted by atomic mass is 10.2. The molecule has 0 aliphatic heterocycles. The van der Waals surface area contributed by atoms with Crippen LogP contribution >= 0.6 is 0 Å². The van der Waals surface area contributed by atoms with E-state index >= 15 is 0 Å². The second-order valence-electron chi connectivity index (χ2n) is 7.70. The summed E-state index contributed by atoms with van der Waals surface area (Å²) in [4.78, 5) is 17.1. The highest BCUT2D eigenvalue weighted by atomic mass is 19.1. The summed E-state index contributed by atoms with van der Waals surface area (Å²) >= 11 is 0. The molecule has 0 unspecified atom stereocenters. The maximum absolute atomic E-state index is 13.9. The molecule has 0 saturated heterocycles. The van der Waals surface area contributed by atoms with Gasteiger partial charge in [0.15, 0.2) is 0 Å². The summed E-state index contributed by atoms with van der Waals surface area (Å²) < 4.78 is 21.8. The Balaban J connectivity index is 1.38. The van der Waals surface area contributed by atoms with Crippen LogP contribution in [-0.2, 0) is 13.1 Å². The predicted octanol–water partition coefficient (Wildman–Crippen LogP) is 5.27. The van der Waals surface area contributed by atoms with Gasteiger partial charge in [0.05, 0.1) is 29.7 Å². The van der Waals surface area contributed by atoms with Crippen LogP contribution in [0.4, 0.5) is 4.39 Å². The van der Waals surface area contributed by atoms with Crippen LogP contribution < -0.4 is 10.1 Å². The molecule has 0 spiro atoms. The van der Waals surface area contributed by atoms with E-state index in [1.807, 2.05) is 48.5 Å². The number of hydrogen-bond donors (Lipinski definition) is 1. The van der Waals surface area contributed by atoms with Crippen molar-refractivity contribution in [3.05, 3.63) is 95.6 Å². The average molecular weight is 432 g/mol. The fraction of sp³-hybridized carbons (Fsp3) is 0.231. The number of para-hydroxylation sites is 2. The van der Waals surface area contributed by atoms with Gasteiger partial charge in [-0.1, -0.05) is 42.0 Å². The summed E-state index contributed by atoms with van der Waals surface area (Å²) in [5.41, 5.74) is 3.13. The van der Waals surface area contributed by atoms with Gasteiger partial charge in [0.25, 0.3) is 5.91 Å². The number of aromatic nitrogens is 2. The number of ether oxygens (including phenoxy) is 1. The minimum atomic E-state index is -0.535. The monoisotopic (exact) mass is 431 g/mol. The number of carbonyl (C=O) groups excluding carboxylic acids is 1. The van der Waals surface area contributed by atoms with Gasteiger partial charge in [0.2, 0.25) is 0 Å². The normalized spacial score (nSPS) is 10.9. The van der Waals surface area contributed by atoms with Crippen LogP contribution in [0.3, 0.4) is 0 Å². The third-order valence-corrected chi connectivity index (χ3v) is 5.32. The number of unbranched alkanes of at least 4 members (excludes halogenated alkanes) is 1. The van der Waals surface area contributed by atoms with Gasteiger partial charge in [-0.05, 0) is 56.2 Å². The first-order valence-corrected chi connectivity index (χ1v) is 10.8. The first kappa shape index (κ1) is 21.6. The SMILES string of the molecule is Cc1ccc(OCCCCn2c(CNC(=O)c3ccccc3F)nc3ccccc32)cc1. The van der Waals surface area contributed by atoms with Crippen molar-refractivity contribution in [1.29, 1.82) is 0 Å². The van der Waals surface area contributed by atoms with Gasteiger partial charge in [-0.25, -0.2) is 9.37 Å². The Kier molecular flexibility index (Phi) is 6.80. The maximum Gasteiger partial charge on any atom is 0.254 e. The molecule has 1 aromatic heterocycles. The minimum absolute atomic E-state index is 0.0309. The molecule has 4 aromatic rings. The number of halogens is 1. The van der Waals surface area contributed by atoms with Gasteiger partial charge in [-0.2, -0.15) is 0 Å².